The van der Waals surface area contributed by atoms with Gasteiger partial charge in [-0.1, -0.05) is 11.6 Å². The van der Waals surface area contributed by atoms with Gasteiger partial charge in [0.1, 0.15) is 11.5 Å². The van der Waals surface area contributed by atoms with Gasteiger partial charge in [0.2, 0.25) is 12.7 Å². The Kier molecular flexibility index (Phi) is 5.00. The molecular formula is C18H16ClNO5. The summed E-state index contributed by atoms with van der Waals surface area (Å²) < 4.78 is 20.9. The van der Waals surface area contributed by atoms with E-state index in [1.54, 1.807) is 50.6 Å². The standard InChI is InChI=1S/C18H16ClNO5/c1-22-13-7-12(8-14(9-13)23-2)20-17(21)4-3-11-5-15(19)18-16(6-11)24-10-25-18/h3-9H,10H2,1-2H3,(H,20,21)/b4-3+. The third kappa shape index (κ3) is 3.97. The molecule has 0 bridgehead atoms. The lowest BCUT2D eigenvalue weighted by atomic mass is 10.2. The van der Waals surface area contributed by atoms with Gasteiger partial charge in [0.15, 0.2) is 11.5 Å². The van der Waals surface area contributed by atoms with Crippen LogP contribution in [0, 0.1) is 0 Å². The van der Waals surface area contributed by atoms with Crippen molar-refractivity contribution in [3.05, 3.63) is 47.0 Å². The van der Waals surface area contributed by atoms with Crippen molar-refractivity contribution in [2.24, 2.45) is 0 Å². The molecule has 3 rings (SSSR count). The molecule has 2 aromatic rings. The maximum Gasteiger partial charge on any atom is 0.248 e. The third-order valence-electron chi connectivity index (χ3n) is 3.50. The SMILES string of the molecule is COc1cc(NC(=O)/C=C/c2cc(Cl)c3c(c2)OCO3)cc(OC)c1. The highest BCUT2D eigenvalue weighted by Gasteiger charge is 2.17. The molecule has 0 aliphatic carbocycles. The lowest BCUT2D eigenvalue weighted by Gasteiger charge is -2.08. The second-order valence-electron chi connectivity index (χ2n) is 5.16. The second-order valence-corrected chi connectivity index (χ2v) is 5.57. The van der Waals surface area contributed by atoms with Crippen LogP contribution in [0.25, 0.3) is 6.08 Å². The zero-order valence-electron chi connectivity index (χ0n) is 13.7. The number of hydrogen-bond donors (Lipinski definition) is 1. The van der Waals surface area contributed by atoms with E-state index in [2.05, 4.69) is 5.32 Å². The van der Waals surface area contributed by atoms with Crippen LogP contribution in [-0.2, 0) is 4.79 Å². The molecule has 0 saturated heterocycles. The minimum absolute atomic E-state index is 0.139. The monoisotopic (exact) mass is 361 g/mol. The Hall–Kier alpha value is -2.86. The molecule has 1 aliphatic heterocycles. The van der Waals surface area contributed by atoms with Crippen LogP contribution in [0.2, 0.25) is 5.02 Å². The molecule has 1 aliphatic rings. The van der Waals surface area contributed by atoms with E-state index in [4.69, 9.17) is 30.5 Å². The Morgan fingerprint density at radius 2 is 1.84 bits per heavy atom. The summed E-state index contributed by atoms with van der Waals surface area (Å²) in [5, 5.41) is 3.19. The van der Waals surface area contributed by atoms with E-state index in [0.29, 0.717) is 33.7 Å². The Labute approximate surface area is 149 Å². The molecule has 25 heavy (non-hydrogen) atoms. The first-order chi connectivity index (χ1) is 12.1. The maximum absolute atomic E-state index is 12.1. The molecule has 1 heterocycles. The van der Waals surface area contributed by atoms with Crippen LogP contribution in [0.15, 0.2) is 36.4 Å². The maximum atomic E-state index is 12.1. The highest BCUT2D eigenvalue weighted by Crippen LogP contribution is 2.40. The molecule has 0 spiro atoms. The molecular weight excluding hydrogens is 346 g/mol. The number of halogens is 1. The molecule has 0 radical (unpaired) electrons. The van der Waals surface area contributed by atoms with E-state index in [9.17, 15) is 4.79 Å². The molecule has 0 aromatic heterocycles. The summed E-state index contributed by atoms with van der Waals surface area (Å²) in [6.07, 6.45) is 3.04. The quantitative estimate of drug-likeness (QED) is 0.822. The lowest BCUT2D eigenvalue weighted by Crippen LogP contribution is -2.08. The van der Waals surface area contributed by atoms with Gasteiger partial charge >= 0.3 is 0 Å². The molecule has 6 nitrogen and oxygen atoms in total. The second kappa shape index (κ2) is 7.36. The normalized spacial score (nSPS) is 12.3. The highest BCUT2D eigenvalue weighted by atomic mass is 35.5. The van der Waals surface area contributed by atoms with Gasteiger partial charge in [0, 0.05) is 30.0 Å². The fraction of sp³-hybridized carbons (Fsp3) is 0.167. The summed E-state index contributed by atoms with van der Waals surface area (Å²) >= 11 is 6.12. The van der Waals surface area contributed by atoms with E-state index in [1.165, 1.54) is 6.08 Å². The number of methoxy groups -OCH3 is 2. The average molecular weight is 362 g/mol. The van der Waals surface area contributed by atoms with E-state index >= 15 is 0 Å². The molecule has 7 heteroatoms. The number of fused-ring (bicyclic) bond motifs is 1. The molecule has 0 fully saturated rings. The number of hydrogen-bond acceptors (Lipinski definition) is 5. The summed E-state index contributed by atoms with van der Waals surface area (Å²) in [4.78, 5) is 12.1. The van der Waals surface area contributed by atoms with Crippen molar-refractivity contribution in [2.45, 2.75) is 0 Å². The van der Waals surface area contributed by atoms with Gasteiger partial charge in [-0.15, -0.1) is 0 Å². The van der Waals surface area contributed by atoms with Crippen molar-refractivity contribution in [2.75, 3.05) is 26.3 Å². The summed E-state index contributed by atoms with van der Waals surface area (Å²) in [7, 11) is 3.09. The molecule has 0 saturated carbocycles. The van der Waals surface area contributed by atoms with Gasteiger partial charge in [0.05, 0.1) is 19.2 Å². The van der Waals surface area contributed by atoms with Crippen molar-refractivity contribution in [3.63, 3.8) is 0 Å². The first kappa shape index (κ1) is 17.0. The minimum atomic E-state index is -0.302. The van der Waals surface area contributed by atoms with E-state index < -0.39 is 0 Å². The zero-order chi connectivity index (χ0) is 17.8. The topological polar surface area (TPSA) is 66.0 Å². The summed E-state index contributed by atoms with van der Waals surface area (Å²) in [5.41, 5.74) is 1.29. The van der Waals surface area contributed by atoms with Gasteiger partial charge in [-0.05, 0) is 23.8 Å². The number of nitrogens with one attached hydrogen (secondary N) is 1. The molecule has 0 unspecified atom stereocenters. The molecule has 1 N–H and O–H groups in total. The fourth-order valence-corrected chi connectivity index (χ4v) is 2.59. The minimum Gasteiger partial charge on any atom is -0.497 e. The third-order valence-corrected chi connectivity index (χ3v) is 3.78. The van der Waals surface area contributed by atoms with Gasteiger partial charge in [0.25, 0.3) is 0 Å². The lowest BCUT2D eigenvalue weighted by molar-refractivity contribution is -0.111. The van der Waals surface area contributed by atoms with Gasteiger partial charge in [-0.3, -0.25) is 4.79 Å². The number of benzene rings is 2. The number of carbonyl (C=O) groups is 1. The summed E-state index contributed by atoms with van der Waals surface area (Å²) in [6.45, 7) is 0.139. The van der Waals surface area contributed by atoms with Crippen molar-refractivity contribution >= 4 is 29.3 Å². The fourth-order valence-electron chi connectivity index (χ4n) is 2.32. The van der Waals surface area contributed by atoms with Crippen LogP contribution < -0.4 is 24.3 Å². The highest BCUT2D eigenvalue weighted by molar-refractivity contribution is 6.32. The smallest absolute Gasteiger partial charge is 0.248 e. The van der Waals surface area contributed by atoms with Crippen LogP contribution in [0.5, 0.6) is 23.0 Å². The zero-order valence-corrected chi connectivity index (χ0v) is 14.4. The van der Waals surface area contributed by atoms with Crippen LogP contribution in [0.1, 0.15) is 5.56 Å². The number of rotatable bonds is 5. The first-order valence-corrected chi connectivity index (χ1v) is 7.78. The van der Waals surface area contributed by atoms with E-state index in [-0.39, 0.29) is 12.7 Å². The number of ether oxygens (including phenoxy) is 4. The predicted molar refractivity (Wildman–Crippen MR) is 94.8 cm³/mol. The number of amides is 1. The molecule has 130 valence electrons. The summed E-state index contributed by atoms with van der Waals surface area (Å²) in [6, 6.07) is 8.58. The van der Waals surface area contributed by atoms with Crippen LogP contribution in [0.3, 0.4) is 0 Å². The molecule has 1 amide bonds. The van der Waals surface area contributed by atoms with Gasteiger partial charge in [-0.2, -0.15) is 0 Å². The Morgan fingerprint density at radius 1 is 1.12 bits per heavy atom. The van der Waals surface area contributed by atoms with Crippen LogP contribution in [0.4, 0.5) is 5.69 Å². The Bertz CT molecular complexity index is 812. The number of anilines is 1. The van der Waals surface area contributed by atoms with Crippen molar-refractivity contribution in [1.29, 1.82) is 0 Å². The number of carbonyl (C=O) groups excluding carboxylic acids is 1. The molecule has 0 atom stereocenters. The van der Waals surface area contributed by atoms with Crippen LogP contribution in [-0.4, -0.2) is 26.9 Å². The largest absolute Gasteiger partial charge is 0.497 e. The van der Waals surface area contributed by atoms with Gasteiger partial charge in [-0.25, -0.2) is 0 Å². The van der Waals surface area contributed by atoms with Crippen molar-refractivity contribution in [1.82, 2.24) is 0 Å². The summed E-state index contributed by atoms with van der Waals surface area (Å²) in [5.74, 6) is 1.95. The van der Waals surface area contributed by atoms with Crippen molar-refractivity contribution < 1.29 is 23.7 Å². The average Bonchev–Trinajstić information content (AvgIpc) is 3.08. The van der Waals surface area contributed by atoms with Crippen molar-refractivity contribution in [3.8, 4) is 23.0 Å². The molecule has 2 aromatic carbocycles. The van der Waals surface area contributed by atoms with Gasteiger partial charge < -0.3 is 24.3 Å². The predicted octanol–water partition coefficient (Wildman–Crippen LogP) is 3.74. The Balaban J connectivity index is 1.72. The van der Waals surface area contributed by atoms with Crippen LogP contribution >= 0.6 is 11.6 Å². The first-order valence-electron chi connectivity index (χ1n) is 7.40. The Morgan fingerprint density at radius 3 is 2.52 bits per heavy atom. The van der Waals surface area contributed by atoms with E-state index in [0.717, 1.165) is 5.56 Å². The van der Waals surface area contributed by atoms with E-state index in [1.807, 2.05) is 0 Å².